The minimum absolute atomic E-state index is 0.112. The summed E-state index contributed by atoms with van der Waals surface area (Å²) in [6.45, 7) is 8.71. The van der Waals surface area contributed by atoms with Crippen LogP contribution in [0, 0.1) is 6.92 Å². The number of aromatic amines is 1. The fourth-order valence-electron chi connectivity index (χ4n) is 1.38. The second-order valence-electron chi connectivity index (χ2n) is 3.35. The van der Waals surface area contributed by atoms with E-state index in [4.69, 9.17) is 0 Å². The number of H-pyrrole nitrogens is 1. The molecule has 0 unspecified atom stereocenters. The van der Waals surface area contributed by atoms with Gasteiger partial charge in [-0.3, -0.25) is 14.6 Å². The zero-order valence-corrected chi connectivity index (χ0v) is 8.14. The molecule has 0 aromatic carbocycles. The van der Waals surface area contributed by atoms with Crippen molar-refractivity contribution in [3.05, 3.63) is 21.6 Å². The van der Waals surface area contributed by atoms with E-state index in [1.807, 2.05) is 13.8 Å². The van der Waals surface area contributed by atoms with Crippen LogP contribution in [0.1, 0.15) is 37.9 Å². The van der Waals surface area contributed by atoms with Gasteiger partial charge in [-0.1, -0.05) is 13.8 Å². The zero-order valence-electron chi connectivity index (χ0n) is 8.14. The Morgan fingerprint density at radius 2 is 2.08 bits per heavy atom. The topological polar surface area (TPSA) is 37.8 Å². The lowest BCUT2D eigenvalue weighted by atomic mass is 10.1. The van der Waals surface area contributed by atoms with Gasteiger partial charge in [-0.15, -0.1) is 0 Å². The molecule has 1 aromatic rings. The number of rotatable bonds is 2. The zero-order chi connectivity index (χ0) is 9.30. The van der Waals surface area contributed by atoms with Gasteiger partial charge in [0, 0.05) is 17.8 Å². The summed E-state index contributed by atoms with van der Waals surface area (Å²) in [5.74, 6) is 0.394. The first-order chi connectivity index (χ1) is 5.57. The molecule has 1 N–H and O–H groups in total. The predicted molar refractivity (Wildman–Crippen MR) is 49.6 cm³/mol. The lowest BCUT2D eigenvalue weighted by molar-refractivity contribution is 0.618. The van der Waals surface area contributed by atoms with Gasteiger partial charge in [-0.2, -0.15) is 0 Å². The first kappa shape index (κ1) is 9.10. The highest BCUT2D eigenvalue weighted by atomic mass is 16.1. The predicted octanol–water partition coefficient (Wildman–Crippen LogP) is 1.63. The van der Waals surface area contributed by atoms with Crippen molar-refractivity contribution in [3.63, 3.8) is 0 Å². The van der Waals surface area contributed by atoms with Crippen LogP contribution in [0.5, 0.6) is 0 Å². The first-order valence-corrected chi connectivity index (χ1v) is 4.37. The summed E-state index contributed by atoms with van der Waals surface area (Å²) in [5, 5.41) is 3.10. The van der Waals surface area contributed by atoms with Gasteiger partial charge in [-0.05, 0) is 19.8 Å². The minimum Gasteiger partial charge on any atom is -0.299 e. The van der Waals surface area contributed by atoms with E-state index in [2.05, 4.69) is 18.9 Å². The minimum atomic E-state index is 0.112. The third-order valence-corrected chi connectivity index (χ3v) is 2.12. The largest absolute Gasteiger partial charge is 0.299 e. The second kappa shape index (κ2) is 3.17. The standard InChI is InChI=1S/C9H16N2O/c1-5-11-9(12)7(4)8(10-11)6(2)3/h6,10H,5H2,1-4H3. The molecule has 0 fully saturated rings. The maximum Gasteiger partial charge on any atom is 0.269 e. The van der Waals surface area contributed by atoms with Crippen molar-refractivity contribution in [3.8, 4) is 0 Å². The summed E-state index contributed by atoms with van der Waals surface area (Å²) < 4.78 is 1.64. The summed E-state index contributed by atoms with van der Waals surface area (Å²) in [6.07, 6.45) is 0. The molecule has 1 rings (SSSR count). The lowest BCUT2D eigenvalue weighted by Crippen LogP contribution is -2.16. The number of hydrogen-bond acceptors (Lipinski definition) is 1. The van der Waals surface area contributed by atoms with Gasteiger partial charge < -0.3 is 0 Å². The quantitative estimate of drug-likeness (QED) is 0.716. The second-order valence-corrected chi connectivity index (χ2v) is 3.35. The van der Waals surface area contributed by atoms with E-state index in [-0.39, 0.29) is 5.56 Å². The summed E-state index contributed by atoms with van der Waals surface area (Å²) in [6, 6.07) is 0. The van der Waals surface area contributed by atoms with E-state index in [9.17, 15) is 4.79 Å². The summed E-state index contributed by atoms with van der Waals surface area (Å²) >= 11 is 0. The summed E-state index contributed by atoms with van der Waals surface area (Å²) in [5.41, 5.74) is 2.02. The molecule has 3 nitrogen and oxygen atoms in total. The Bertz CT molecular complexity index is 320. The van der Waals surface area contributed by atoms with Crippen LogP contribution in [0.15, 0.2) is 4.79 Å². The molecular weight excluding hydrogens is 152 g/mol. The smallest absolute Gasteiger partial charge is 0.269 e. The molecule has 1 heterocycles. The van der Waals surface area contributed by atoms with Gasteiger partial charge in [0.15, 0.2) is 0 Å². The average Bonchev–Trinajstić information content (AvgIpc) is 2.30. The van der Waals surface area contributed by atoms with Crippen LogP contribution in [0.2, 0.25) is 0 Å². The van der Waals surface area contributed by atoms with Crippen LogP contribution in [0.25, 0.3) is 0 Å². The SMILES string of the molecule is CCn1[nH]c(C(C)C)c(C)c1=O. The summed E-state index contributed by atoms with van der Waals surface area (Å²) in [7, 11) is 0. The Hall–Kier alpha value is -0.990. The van der Waals surface area contributed by atoms with Crippen molar-refractivity contribution in [2.75, 3.05) is 0 Å². The highest BCUT2D eigenvalue weighted by molar-refractivity contribution is 5.18. The molecule has 1 aromatic heterocycles. The van der Waals surface area contributed by atoms with Crippen molar-refractivity contribution in [1.29, 1.82) is 0 Å². The Labute approximate surface area is 72.4 Å². The van der Waals surface area contributed by atoms with Crippen LogP contribution in [-0.2, 0) is 6.54 Å². The lowest BCUT2D eigenvalue weighted by Gasteiger charge is -2.01. The van der Waals surface area contributed by atoms with E-state index in [0.29, 0.717) is 12.5 Å². The van der Waals surface area contributed by atoms with Crippen molar-refractivity contribution in [1.82, 2.24) is 9.78 Å². The van der Waals surface area contributed by atoms with Gasteiger partial charge in [0.25, 0.3) is 5.56 Å². The molecule has 0 aliphatic heterocycles. The van der Waals surface area contributed by atoms with E-state index in [1.165, 1.54) is 0 Å². The Balaban J connectivity index is 3.25. The first-order valence-electron chi connectivity index (χ1n) is 4.37. The summed E-state index contributed by atoms with van der Waals surface area (Å²) in [4.78, 5) is 11.5. The molecule has 0 bridgehead atoms. The van der Waals surface area contributed by atoms with E-state index < -0.39 is 0 Å². The molecule has 12 heavy (non-hydrogen) atoms. The van der Waals surface area contributed by atoms with Gasteiger partial charge in [-0.25, -0.2) is 0 Å². The van der Waals surface area contributed by atoms with E-state index >= 15 is 0 Å². The normalized spacial score (nSPS) is 11.1. The van der Waals surface area contributed by atoms with E-state index in [1.54, 1.807) is 4.68 Å². The maximum absolute atomic E-state index is 11.5. The third kappa shape index (κ3) is 1.31. The van der Waals surface area contributed by atoms with Crippen LogP contribution in [0.3, 0.4) is 0 Å². The van der Waals surface area contributed by atoms with Crippen LogP contribution >= 0.6 is 0 Å². The van der Waals surface area contributed by atoms with Gasteiger partial charge >= 0.3 is 0 Å². The molecule has 0 saturated heterocycles. The van der Waals surface area contributed by atoms with Gasteiger partial charge in [0.05, 0.1) is 0 Å². The molecular formula is C9H16N2O. The highest BCUT2D eigenvalue weighted by Crippen LogP contribution is 2.12. The van der Waals surface area contributed by atoms with Crippen LogP contribution in [0.4, 0.5) is 0 Å². The molecule has 0 saturated carbocycles. The number of hydrogen-bond donors (Lipinski definition) is 1. The maximum atomic E-state index is 11.5. The third-order valence-electron chi connectivity index (χ3n) is 2.12. The molecule has 0 atom stereocenters. The Morgan fingerprint density at radius 1 is 1.50 bits per heavy atom. The number of nitrogens with one attached hydrogen (secondary N) is 1. The molecule has 0 radical (unpaired) electrons. The molecule has 0 aliphatic carbocycles. The van der Waals surface area contributed by atoms with Crippen molar-refractivity contribution < 1.29 is 0 Å². The fourth-order valence-corrected chi connectivity index (χ4v) is 1.38. The number of aromatic nitrogens is 2. The monoisotopic (exact) mass is 168 g/mol. The molecule has 0 aliphatic rings. The van der Waals surface area contributed by atoms with Crippen molar-refractivity contribution in [2.24, 2.45) is 0 Å². The molecule has 68 valence electrons. The van der Waals surface area contributed by atoms with Crippen molar-refractivity contribution >= 4 is 0 Å². The van der Waals surface area contributed by atoms with Gasteiger partial charge in [0.1, 0.15) is 0 Å². The average molecular weight is 168 g/mol. The van der Waals surface area contributed by atoms with Crippen molar-refractivity contribution in [2.45, 2.75) is 40.2 Å². The molecule has 0 amide bonds. The molecule has 0 spiro atoms. The number of nitrogens with zero attached hydrogens (tertiary/aromatic N) is 1. The molecule has 3 heteroatoms. The Morgan fingerprint density at radius 3 is 2.33 bits per heavy atom. The van der Waals surface area contributed by atoms with Gasteiger partial charge in [0.2, 0.25) is 0 Å². The van der Waals surface area contributed by atoms with Crippen LogP contribution < -0.4 is 5.56 Å². The van der Waals surface area contributed by atoms with Crippen LogP contribution in [-0.4, -0.2) is 9.78 Å². The Kier molecular flexibility index (Phi) is 2.40. The van der Waals surface area contributed by atoms with E-state index in [0.717, 1.165) is 11.3 Å². The number of aryl methyl sites for hydroxylation is 1. The highest BCUT2D eigenvalue weighted by Gasteiger charge is 2.10. The fraction of sp³-hybridized carbons (Fsp3) is 0.667.